The quantitative estimate of drug-likeness (QED) is 0.797. The van der Waals surface area contributed by atoms with Crippen molar-refractivity contribution in [3.63, 3.8) is 0 Å². The molecule has 2 aromatic rings. The van der Waals surface area contributed by atoms with E-state index in [1.807, 2.05) is 39.8 Å². The van der Waals surface area contributed by atoms with Gasteiger partial charge >= 0.3 is 0 Å². The van der Waals surface area contributed by atoms with Gasteiger partial charge in [-0.3, -0.25) is 9.59 Å². The molecule has 6 heteroatoms. The highest BCUT2D eigenvalue weighted by Gasteiger charge is 2.37. The van der Waals surface area contributed by atoms with Crippen molar-refractivity contribution in [1.29, 1.82) is 0 Å². The SMILES string of the molecule is COCCC(=O)N1C[C@H]2C[C@H](C1)c1c(-c3ccc(OC)cc3)ccc(=O)n1C2. The second-order valence-corrected chi connectivity index (χ2v) is 7.65. The molecule has 1 aromatic carbocycles. The van der Waals surface area contributed by atoms with Crippen LogP contribution in [0, 0.1) is 5.92 Å². The van der Waals surface area contributed by atoms with Gasteiger partial charge in [0.15, 0.2) is 0 Å². The van der Waals surface area contributed by atoms with Crippen molar-refractivity contribution in [2.75, 3.05) is 33.9 Å². The van der Waals surface area contributed by atoms with E-state index < -0.39 is 0 Å². The van der Waals surface area contributed by atoms with E-state index in [4.69, 9.17) is 9.47 Å². The first-order chi connectivity index (χ1) is 13.6. The number of piperidine rings is 1. The number of ether oxygens (including phenoxy) is 2. The van der Waals surface area contributed by atoms with Crippen molar-refractivity contribution in [3.05, 3.63) is 52.4 Å². The van der Waals surface area contributed by atoms with Crippen LogP contribution in [0.25, 0.3) is 11.1 Å². The van der Waals surface area contributed by atoms with Crippen molar-refractivity contribution in [3.8, 4) is 16.9 Å². The Kier molecular flexibility index (Phi) is 5.22. The van der Waals surface area contributed by atoms with Crippen LogP contribution in [0.15, 0.2) is 41.2 Å². The van der Waals surface area contributed by atoms with Gasteiger partial charge in [0, 0.05) is 50.0 Å². The van der Waals surface area contributed by atoms with E-state index in [9.17, 15) is 9.59 Å². The summed E-state index contributed by atoms with van der Waals surface area (Å²) in [7, 11) is 3.26. The Morgan fingerprint density at radius 1 is 1.07 bits per heavy atom. The second-order valence-electron chi connectivity index (χ2n) is 7.65. The van der Waals surface area contributed by atoms with Gasteiger partial charge in [0.2, 0.25) is 5.91 Å². The van der Waals surface area contributed by atoms with Gasteiger partial charge in [0.05, 0.1) is 20.1 Å². The number of hydrogen-bond donors (Lipinski definition) is 0. The van der Waals surface area contributed by atoms with Crippen molar-refractivity contribution >= 4 is 5.91 Å². The van der Waals surface area contributed by atoms with Gasteiger partial charge in [-0.25, -0.2) is 0 Å². The Hall–Kier alpha value is -2.60. The molecule has 2 bridgehead atoms. The summed E-state index contributed by atoms with van der Waals surface area (Å²) in [4.78, 5) is 27.1. The minimum absolute atomic E-state index is 0.0427. The first-order valence-electron chi connectivity index (χ1n) is 9.75. The summed E-state index contributed by atoms with van der Waals surface area (Å²) in [6, 6.07) is 11.5. The summed E-state index contributed by atoms with van der Waals surface area (Å²) < 4.78 is 12.3. The monoisotopic (exact) mass is 382 g/mol. The van der Waals surface area contributed by atoms with E-state index in [-0.39, 0.29) is 17.4 Å². The number of carbonyl (C=O) groups excluding carboxylic acids is 1. The fourth-order valence-electron chi connectivity index (χ4n) is 4.58. The Balaban J connectivity index is 1.70. The van der Waals surface area contributed by atoms with Gasteiger partial charge in [-0.2, -0.15) is 0 Å². The van der Waals surface area contributed by atoms with Crippen LogP contribution in [0.1, 0.15) is 24.5 Å². The summed E-state index contributed by atoms with van der Waals surface area (Å²) in [6.07, 6.45) is 1.42. The number of fused-ring (bicyclic) bond motifs is 4. The maximum Gasteiger partial charge on any atom is 0.250 e. The number of carbonyl (C=O) groups is 1. The highest BCUT2D eigenvalue weighted by molar-refractivity contribution is 5.77. The minimum atomic E-state index is 0.0427. The lowest BCUT2D eigenvalue weighted by molar-refractivity contribution is -0.134. The summed E-state index contributed by atoms with van der Waals surface area (Å²) >= 11 is 0. The van der Waals surface area contributed by atoms with Gasteiger partial charge < -0.3 is 18.9 Å². The molecule has 6 nitrogen and oxygen atoms in total. The summed E-state index contributed by atoms with van der Waals surface area (Å²) in [6.45, 7) is 2.49. The van der Waals surface area contributed by atoms with E-state index in [1.165, 1.54) is 0 Å². The normalized spacial score (nSPS) is 20.6. The molecule has 2 aliphatic heterocycles. The standard InChI is InChI=1S/C22H26N2O4/c1-27-10-9-20(25)23-12-15-11-17(14-23)22-19(7-8-21(26)24(22)13-15)16-3-5-18(28-2)6-4-16/h3-8,15,17H,9-14H2,1-2H3/t15-,17-/m1/s1. The van der Waals surface area contributed by atoms with Crippen molar-refractivity contribution < 1.29 is 14.3 Å². The van der Waals surface area contributed by atoms with Crippen molar-refractivity contribution in [1.82, 2.24) is 9.47 Å². The van der Waals surface area contributed by atoms with E-state index >= 15 is 0 Å². The van der Waals surface area contributed by atoms with Crippen LogP contribution in [0.4, 0.5) is 0 Å². The average Bonchev–Trinajstić information content (AvgIpc) is 2.72. The number of likely N-dealkylation sites (tertiary alicyclic amines) is 1. The lowest BCUT2D eigenvalue weighted by Gasteiger charge is -2.43. The molecular formula is C22H26N2O4. The smallest absolute Gasteiger partial charge is 0.250 e. The van der Waals surface area contributed by atoms with E-state index in [2.05, 4.69) is 0 Å². The molecule has 0 N–H and O–H groups in total. The van der Waals surface area contributed by atoms with Crippen LogP contribution < -0.4 is 10.3 Å². The molecule has 148 valence electrons. The molecule has 0 saturated carbocycles. The molecule has 1 fully saturated rings. The molecule has 0 radical (unpaired) electrons. The van der Waals surface area contributed by atoms with E-state index in [0.717, 1.165) is 35.5 Å². The third-order valence-corrected chi connectivity index (χ3v) is 5.86. The Bertz CT molecular complexity index is 919. The first-order valence-corrected chi connectivity index (χ1v) is 9.75. The first kappa shape index (κ1) is 18.7. The highest BCUT2D eigenvalue weighted by Crippen LogP contribution is 2.40. The number of benzene rings is 1. The lowest BCUT2D eigenvalue weighted by atomic mass is 9.80. The second kappa shape index (κ2) is 7.80. The number of methoxy groups -OCH3 is 2. The number of aromatic nitrogens is 1. The molecular weight excluding hydrogens is 356 g/mol. The lowest BCUT2D eigenvalue weighted by Crippen LogP contribution is -2.49. The van der Waals surface area contributed by atoms with Crippen LogP contribution in [-0.4, -0.2) is 49.3 Å². The molecule has 4 rings (SSSR count). The van der Waals surface area contributed by atoms with Crippen LogP contribution in [-0.2, 0) is 16.1 Å². The summed E-state index contributed by atoms with van der Waals surface area (Å²) in [5.41, 5.74) is 3.22. The van der Waals surface area contributed by atoms with Crippen molar-refractivity contribution in [2.45, 2.75) is 25.3 Å². The average molecular weight is 382 g/mol. The molecule has 1 aromatic heterocycles. The number of nitrogens with zero attached hydrogens (tertiary/aromatic N) is 2. The van der Waals surface area contributed by atoms with E-state index in [1.54, 1.807) is 20.3 Å². The van der Waals surface area contributed by atoms with E-state index in [0.29, 0.717) is 32.0 Å². The molecule has 2 aliphatic rings. The third kappa shape index (κ3) is 3.44. The number of hydrogen-bond acceptors (Lipinski definition) is 4. The molecule has 1 saturated heterocycles. The number of pyridine rings is 1. The summed E-state index contributed by atoms with van der Waals surface area (Å²) in [5.74, 6) is 1.43. The van der Waals surface area contributed by atoms with Crippen LogP contribution in [0.5, 0.6) is 5.75 Å². The molecule has 2 atom stereocenters. The van der Waals surface area contributed by atoms with Crippen LogP contribution in [0.2, 0.25) is 0 Å². The Labute approximate surface area is 164 Å². The van der Waals surface area contributed by atoms with Crippen molar-refractivity contribution in [2.24, 2.45) is 5.92 Å². The minimum Gasteiger partial charge on any atom is -0.497 e. The zero-order chi connectivity index (χ0) is 19.7. The van der Waals surface area contributed by atoms with Gasteiger partial charge in [-0.15, -0.1) is 0 Å². The molecule has 1 amide bonds. The maximum absolute atomic E-state index is 12.6. The highest BCUT2D eigenvalue weighted by atomic mass is 16.5. The largest absolute Gasteiger partial charge is 0.497 e. The van der Waals surface area contributed by atoms with Crippen LogP contribution in [0.3, 0.4) is 0 Å². The predicted molar refractivity (Wildman–Crippen MR) is 107 cm³/mol. The molecule has 0 spiro atoms. The topological polar surface area (TPSA) is 60.8 Å². The Morgan fingerprint density at radius 3 is 2.57 bits per heavy atom. The van der Waals surface area contributed by atoms with Gasteiger partial charge in [0.1, 0.15) is 5.75 Å². The molecule has 28 heavy (non-hydrogen) atoms. The Morgan fingerprint density at radius 2 is 1.86 bits per heavy atom. The zero-order valence-corrected chi connectivity index (χ0v) is 16.4. The molecule has 0 unspecified atom stereocenters. The van der Waals surface area contributed by atoms with Gasteiger partial charge in [0.25, 0.3) is 5.56 Å². The number of amides is 1. The molecule has 0 aliphatic carbocycles. The maximum atomic E-state index is 12.6. The number of rotatable bonds is 5. The van der Waals surface area contributed by atoms with Gasteiger partial charge in [-0.05, 0) is 36.1 Å². The fraction of sp³-hybridized carbons (Fsp3) is 0.455. The van der Waals surface area contributed by atoms with Gasteiger partial charge in [-0.1, -0.05) is 12.1 Å². The third-order valence-electron chi connectivity index (χ3n) is 5.86. The molecule has 3 heterocycles. The predicted octanol–water partition coefficient (Wildman–Crippen LogP) is 2.51. The zero-order valence-electron chi connectivity index (χ0n) is 16.4. The fourth-order valence-corrected chi connectivity index (χ4v) is 4.58. The summed E-state index contributed by atoms with van der Waals surface area (Å²) in [5, 5.41) is 0. The van der Waals surface area contributed by atoms with Crippen LogP contribution >= 0.6 is 0 Å².